The van der Waals surface area contributed by atoms with Crippen LogP contribution in [0.15, 0.2) is 91.3 Å². The van der Waals surface area contributed by atoms with Crippen LogP contribution >= 0.6 is 12.6 Å². The molecule has 63 heavy (non-hydrogen) atoms. The summed E-state index contributed by atoms with van der Waals surface area (Å²) in [5, 5.41) is 24.8. The maximum atomic E-state index is 14.6. The third kappa shape index (κ3) is 14.5. The first kappa shape index (κ1) is 48.1. The molecule has 0 aliphatic rings. The van der Waals surface area contributed by atoms with Crippen molar-refractivity contribution in [2.45, 2.75) is 95.9 Å². The summed E-state index contributed by atoms with van der Waals surface area (Å²) in [7, 11) is 0. The first-order valence-electron chi connectivity index (χ1n) is 21.1. The summed E-state index contributed by atoms with van der Waals surface area (Å²) in [6.07, 6.45) is 5.30. The molecule has 5 rings (SSSR count). The minimum atomic E-state index is -1.28. The van der Waals surface area contributed by atoms with Gasteiger partial charge in [-0.3, -0.25) is 29.3 Å². The number of H-pyrrole nitrogens is 2. The summed E-state index contributed by atoms with van der Waals surface area (Å²) in [5.74, 6) is -4.22. The molecule has 0 spiro atoms. The number of aromatic nitrogens is 2. The first-order valence-corrected chi connectivity index (χ1v) is 21.7. The molecule has 336 valence electrons. The highest BCUT2D eigenvalue weighted by Gasteiger charge is 2.32. The lowest BCUT2D eigenvalue weighted by Crippen LogP contribution is -2.58. The van der Waals surface area contributed by atoms with Crippen LogP contribution in [0.2, 0.25) is 0 Å². The molecule has 2 aromatic heterocycles. The molecule has 0 bridgehead atoms. The van der Waals surface area contributed by atoms with Gasteiger partial charge in [0.1, 0.15) is 23.9 Å². The maximum absolute atomic E-state index is 14.6. The van der Waals surface area contributed by atoms with Gasteiger partial charge in [0.2, 0.25) is 23.6 Å². The van der Waals surface area contributed by atoms with Gasteiger partial charge in [-0.2, -0.15) is 12.6 Å². The van der Waals surface area contributed by atoms with Crippen LogP contribution in [0.5, 0.6) is 0 Å². The van der Waals surface area contributed by atoms with E-state index in [4.69, 9.17) is 5.73 Å². The van der Waals surface area contributed by atoms with Gasteiger partial charge in [-0.15, -0.1) is 5.54 Å². The van der Waals surface area contributed by atoms with Gasteiger partial charge in [-0.1, -0.05) is 101 Å². The summed E-state index contributed by atoms with van der Waals surface area (Å²) < 4.78 is 0. The van der Waals surface area contributed by atoms with Crippen molar-refractivity contribution in [1.29, 1.82) is 0 Å². The maximum Gasteiger partial charge on any atom is 0.327 e. The van der Waals surface area contributed by atoms with Crippen molar-refractivity contribution in [3.05, 3.63) is 114 Å². The minimum absolute atomic E-state index is 0.00127. The van der Waals surface area contributed by atoms with Crippen LogP contribution in [0.3, 0.4) is 0 Å². The van der Waals surface area contributed by atoms with E-state index in [0.29, 0.717) is 18.4 Å². The Kier molecular flexibility index (Phi) is 16.7. The number of para-hydroxylation sites is 2. The molecular weight excluding hydrogens is 821 g/mol. The zero-order valence-corrected chi connectivity index (χ0v) is 37.1. The summed E-state index contributed by atoms with van der Waals surface area (Å²) >= 11 is 3.98. The fraction of sp³-hybridized carbons (Fsp3) is 0.404. The number of carboxylic acids is 1. The molecule has 4 amide bonds. The molecule has 0 aliphatic heterocycles. The number of amides is 4. The molecule has 4 unspecified atom stereocenters. The van der Waals surface area contributed by atoms with Gasteiger partial charge in [0.25, 0.3) is 0 Å². The lowest BCUT2D eigenvalue weighted by molar-refractivity contribution is -0.141. The van der Waals surface area contributed by atoms with Crippen molar-refractivity contribution < 1.29 is 33.9 Å². The standard InChI is InChI=1S/C47H59N8O7S/c1-46(2,18-19-47(3,4)48)23-32(56)26-51-37(20-29-12-6-5-7-13-29)43(59)55-39(22-31-25-50-36-17-11-9-15-34(31)36)44(60)54-38(21-30-24-49-35-16-10-8-14-33(30)35)42(58)52-27-41(57)53-40(28-63)45(61)62/h5-17,24-25,37-40,48-51,63H,18-23,26-28H2,1-4H3,(H,52,58)(H,53,57)(H,54,60)(H,55,59)(H,61,62)/q-1. The largest absolute Gasteiger partial charge is 0.672 e. The number of carboxylic acid groups (broad SMARTS) is 1. The number of hydrogen-bond donors (Lipinski definition) is 9. The van der Waals surface area contributed by atoms with Crippen molar-refractivity contribution >= 4 is 69.8 Å². The number of Topliss-reactive ketones (excluding diaryl/α,β-unsaturated/α-hetero) is 1. The van der Waals surface area contributed by atoms with E-state index in [2.05, 4.69) is 49.2 Å². The molecule has 3 aromatic carbocycles. The average molecular weight is 880 g/mol. The lowest BCUT2D eigenvalue weighted by Gasteiger charge is -2.34. The van der Waals surface area contributed by atoms with Crippen LogP contribution in [0.25, 0.3) is 27.5 Å². The molecule has 0 radical (unpaired) electrons. The second-order valence-corrected chi connectivity index (χ2v) is 17.9. The Labute approximate surface area is 372 Å². The SMILES string of the molecule is CC(C)([NH-])CCC(C)(C)CC(=O)CNC(Cc1ccccc1)C(=O)NC(Cc1c[nH]c2ccccc12)C(=O)NC(Cc1c[nH]c2ccccc12)C(=O)NCC(=O)NC(CS)C(=O)O. The average Bonchev–Trinajstić information content (AvgIpc) is 3.85. The number of aromatic amines is 2. The number of thiol groups is 1. The third-order valence-corrected chi connectivity index (χ3v) is 11.3. The Morgan fingerprint density at radius 3 is 1.71 bits per heavy atom. The van der Waals surface area contributed by atoms with Crippen molar-refractivity contribution in [1.82, 2.24) is 36.6 Å². The van der Waals surface area contributed by atoms with Crippen LogP contribution in [0.1, 0.15) is 63.6 Å². The number of carbonyl (C=O) groups is 6. The number of nitrogens with one attached hydrogen (secondary N) is 8. The highest BCUT2D eigenvalue weighted by atomic mass is 32.1. The molecule has 5 aromatic rings. The second kappa shape index (κ2) is 21.9. The van der Waals surface area contributed by atoms with Gasteiger partial charge in [0.15, 0.2) is 0 Å². The molecule has 9 N–H and O–H groups in total. The van der Waals surface area contributed by atoms with Gasteiger partial charge >= 0.3 is 5.97 Å². The van der Waals surface area contributed by atoms with Gasteiger partial charge in [-0.25, -0.2) is 4.79 Å². The quantitative estimate of drug-likeness (QED) is 0.0389. The molecule has 0 aliphatic carbocycles. The van der Waals surface area contributed by atoms with E-state index >= 15 is 0 Å². The Morgan fingerprint density at radius 1 is 0.651 bits per heavy atom. The van der Waals surface area contributed by atoms with Gasteiger partial charge in [0, 0.05) is 59.2 Å². The molecule has 15 nitrogen and oxygen atoms in total. The minimum Gasteiger partial charge on any atom is -0.672 e. The number of aliphatic carboxylic acids is 1. The van der Waals surface area contributed by atoms with Crippen LogP contribution in [0.4, 0.5) is 0 Å². The van der Waals surface area contributed by atoms with E-state index in [1.165, 1.54) is 0 Å². The fourth-order valence-corrected chi connectivity index (χ4v) is 7.65. The third-order valence-electron chi connectivity index (χ3n) is 11.0. The molecule has 0 saturated heterocycles. The molecule has 2 heterocycles. The van der Waals surface area contributed by atoms with Crippen LogP contribution < -0.4 is 26.6 Å². The topological polar surface area (TPSA) is 238 Å². The highest BCUT2D eigenvalue weighted by molar-refractivity contribution is 7.80. The summed E-state index contributed by atoms with van der Waals surface area (Å²) in [6.45, 7) is 7.01. The van der Waals surface area contributed by atoms with Gasteiger partial charge < -0.3 is 42.1 Å². The van der Waals surface area contributed by atoms with E-state index in [1.807, 2.05) is 107 Å². The number of benzene rings is 3. The predicted molar refractivity (Wildman–Crippen MR) is 247 cm³/mol. The van der Waals surface area contributed by atoms with E-state index < -0.39 is 65.8 Å². The smallest absolute Gasteiger partial charge is 0.327 e. The van der Waals surface area contributed by atoms with Gasteiger partial charge in [0.05, 0.1) is 19.1 Å². The Balaban J connectivity index is 1.41. The summed E-state index contributed by atoms with van der Waals surface area (Å²) in [5.41, 5.74) is 11.2. The predicted octanol–water partition coefficient (Wildman–Crippen LogP) is 4.82. The van der Waals surface area contributed by atoms with E-state index in [9.17, 15) is 33.9 Å². The van der Waals surface area contributed by atoms with E-state index in [1.54, 1.807) is 12.4 Å². The van der Waals surface area contributed by atoms with Crippen molar-refractivity contribution in [2.24, 2.45) is 5.41 Å². The molecule has 0 saturated carbocycles. The first-order chi connectivity index (χ1) is 29.9. The van der Waals surface area contributed by atoms with Crippen LogP contribution in [0, 0.1) is 5.41 Å². The lowest BCUT2D eigenvalue weighted by atomic mass is 9.79. The zero-order valence-electron chi connectivity index (χ0n) is 36.2. The molecule has 4 atom stereocenters. The number of fused-ring (bicyclic) bond motifs is 2. The zero-order chi connectivity index (χ0) is 45.7. The molecule has 16 heteroatoms. The van der Waals surface area contributed by atoms with Crippen molar-refractivity contribution in [3.63, 3.8) is 0 Å². The summed E-state index contributed by atoms with van der Waals surface area (Å²) in [4.78, 5) is 87.0. The number of carbonyl (C=O) groups excluding carboxylic acids is 5. The Bertz CT molecular complexity index is 2370. The van der Waals surface area contributed by atoms with Crippen molar-refractivity contribution in [3.8, 4) is 0 Å². The fourth-order valence-electron chi connectivity index (χ4n) is 7.41. The molecular formula is C47H59N8O7S-. The normalized spacial score (nSPS) is 13.7. The van der Waals surface area contributed by atoms with Crippen LogP contribution in [-0.4, -0.2) is 99.0 Å². The van der Waals surface area contributed by atoms with E-state index in [0.717, 1.165) is 32.9 Å². The van der Waals surface area contributed by atoms with Gasteiger partial charge in [-0.05, 0) is 47.1 Å². The Hall–Kier alpha value is -5.97. The van der Waals surface area contributed by atoms with Crippen LogP contribution in [-0.2, 0) is 48.0 Å². The number of ketones is 1. The Morgan fingerprint density at radius 2 is 1.17 bits per heavy atom. The highest BCUT2D eigenvalue weighted by Crippen LogP contribution is 2.31. The molecule has 0 fully saturated rings. The van der Waals surface area contributed by atoms with E-state index in [-0.39, 0.29) is 49.2 Å². The van der Waals surface area contributed by atoms with Crippen molar-refractivity contribution in [2.75, 3.05) is 18.8 Å². The number of hydrogen-bond acceptors (Lipinski definition) is 8. The second-order valence-electron chi connectivity index (χ2n) is 17.5. The monoisotopic (exact) mass is 879 g/mol. The number of rotatable bonds is 24. The summed E-state index contributed by atoms with van der Waals surface area (Å²) in [6, 6.07) is 19.6.